The third-order valence-corrected chi connectivity index (χ3v) is 3.76. The van der Waals surface area contributed by atoms with Crippen LogP contribution in [0.5, 0.6) is 0 Å². The standard InChI is InChI=1S/C22H23N/c1-22(2,3)16-17-14-20(18-10-6-4-7-11-18)23-21(15-17)19-12-8-5-9-13-19/h4-15H,16H2,1-3H3. The quantitative estimate of drug-likeness (QED) is 0.577. The van der Waals surface area contributed by atoms with E-state index < -0.39 is 0 Å². The maximum absolute atomic E-state index is 4.90. The van der Waals surface area contributed by atoms with Crippen molar-refractivity contribution in [2.24, 2.45) is 5.41 Å². The highest BCUT2D eigenvalue weighted by Crippen LogP contribution is 2.28. The lowest BCUT2D eigenvalue weighted by Crippen LogP contribution is -2.09. The summed E-state index contributed by atoms with van der Waals surface area (Å²) in [5.74, 6) is 0. The van der Waals surface area contributed by atoms with Gasteiger partial charge in [0.1, 0.15) is 0 Å². The van der Waals surface area contributed by atoms with E-state index in [4.69, 9.17) is 4.98 Å². The Hall–Kier alpha value is -2.41. The fourth-order valence-electron chi connectivity index (χ4n) is 2.82. The molecule has 1 heteroatoms. The lowest BCUT2D eigenvalue weighted by molar-refractivity contribution is 0.411. The van der Waals surface area contributed by atoms with Crippen molar-refractivity contribution in [2.45, 2.75) is 27.2 Å². The van der Waals surface area contributed by atoms with Crippen molar-refractivity contribution >= 4 is 0 Å². The maximum atomic E-state index is 4.90. The maximum Gasteiger partial charge on any atom is 0.0712 e. The first-order valence-electron chi connectivity index (χ1n) is 8.13. The zero-order chi connectivity index (χ0) is 16.3. The Kier molecular flexibility index (Phi) is 4.29. The summed E-state index contributed by atoms with van der Waals surface area (Å²) in [6.07, 6.45) is 1.04. The second kappa shape index (κ2) is 6.37. The first-order chi connectivity index (χ1) is 11.0. The molecule has 1 aromatic heterocycles. The van der Waals surface area contributed by atoms with Crippen LogP contribution in [0.1, 0.15) is 26.3 Å². The monoisotopic (exact) mass is 301 g/mol. The number of pyridine rings is 1. The van der Waals surface area contributed by atoms with Gasteiger partial charge in [-0.3, -0.25) is 0 Å². The normalized spacial score (nSPS) is 11.4. The van der Waals surface area contributed by atoms with E-state index in [1.807, 2.05) is 12.1 Å². The van der Waals surface area contributed by atoms with Crippen LogP contribution in [0.3, 0.4) is 0 Å². The van der Waals surface area contributed by atoms with E-state index in [1.54, 1.807) is 0 Å². The third kappa shape index (κ3) is 4.07. The van der Waals surface area contributed by atoms with Crippen molar-refractivity contribution in [1.29, 1.82) is 0 Å². The summed E-state index contributed by atoms with van der Waals surface area (Å²) in [6.45, 7) is 6.83. The zero-order valence-corrected chi connectivity index (χ0v) is 14.1. The van der Waals surface area contributed by atoms with Crippen molar-refractivity contribution in [3.63, 3.8) is 0 Å². The Bertz CT molecular complexity index is 710. The molecule has 0 radical (unpaired) electrons. The van der Waals surface area contributed by atoms with Crippen LogP contribution in [-0.2, 0) is 6.42 Å². The second-order valence-electron chi connectivity index (χ2n) is 7.22. The van der Waals surface area contributed by atoms with Crippen molar-refractivity contribution in [3.05, 3.63) is 78.4 Å². The number of hydrogen-bond acceptors (Lipinski definition) is 1. The Morgan fingerprint density at radius 2 is 1.13 bits per heavy atom. The summed E-state index contributed by atoms with van der Waals surface area (Å²) in [7, 11) is 0. The van der Waals surface area contributed by atoms with Gasteiger partial charge in [-0.25, -0.2) is 4.98 Å². The van der Waals surface area contributed by atoms with Crippen LogP contribution in [0.15, 0.2) is 72.8 Å². The summed E-state index contributed by atoms with van der Waals surface area (Å²) in [6, 6.07) is 25.3. The van der Waals surface area contributed by atoms with Crippen LogP contribution in [0.4, 0.5) is 0 Å². The van der Waals surface area contributed by atoms with Crippen molar-refractivity contribution in [2.75, 3.05) is 0 Å². The van der Waals surface area contributed by atoms with Gasteiger partial charge in [0.05, 0.1) is 11.4 Å². The first-order valence-corrected chi connectivity index (χ1v) is 8.13. The van der Waals surface area contributed by atoms with Gasteiger partial charge in [-0.05, 0) is 29.5 Å². The molecule has 0 aliphatic rings. The number of nitrogens with zero attached hydrogens (tertiary/aromatic N) is 1. The molecule has 2 aromatic carbocycles. The molecule has 0 N–H and O–H groups in total. The van der Waals surface area contributed by atoms with E-state index >= 15 is 0 Å². The predicted octanol–water partition coefficient (Wildman–Crippen LogP) is 6.00. The predicted molar refractivity (Wildman–Crippen MR) is 98.3 cm³/mol. The molecule has 0 spiro atoms. The fraction of sp³-hybridized carbons (Fsp3) is 0.227. The Morgan fingerprint density at radius 3 is 1.52 bits per heavy atom. The molecule has 116 valence electrons. The third-order valence-electron chi connectivity index (χ3n) is 3.76. The molecule has 0 unspecified atom stereocenters. The molecule has 0 aliphatic carbocycles. The van der Waals surface area contributed by atoms with Crippen molar-refractivity contribution < 1.29 is 0 Å². The Morgan fingerprint density at radius 1 is 0.696 bits per heavy atom. The lowest BCUT2D eigenvalue weighted by Gasteiger charge is -2.19. The van der Waals surface area contributed by atoms with Crippen LogP contribution >= 0.6 is 0 Å². The highest BCUT2D eigenvalue weighted by atomic mass is 14.7. The van der Waals surface area contributed by atoms with E-state index in [2.05, 4.69) is 81.4 Å². The molecule has 23 heavy (non-hydrogen) atoms. The van der Waals surface area contributed by atoms with E-state index in [0.717, 1.165) is 17.8 Å². The van der Waals surface area contributed by atoms with Gasteiger partial charge in [0.25, 0.3) is 0 Å². The van der Waals surface area contributed by atoms with Gasteiger partial charge in [-0.1, -0.05) is 81.4 Å². The number of aromatic nitrogens is 1. The Balaban J connectivity index is 2.11. The van der Waals surface area contributed by atoms with Crippen LogP contribution in [0.25, 0.3) is 22.5 Å². The molecule has 3 rings (SSSR count). The molecule has 0 fully saturated rings. The second-order valence-corrected chi connectivity index (χ2v) is 7.22. The van der Waals surface area contributed by atoms with Gasteiger partial charge < -0.3 is 0 Å². The van der Waals surface area contributed by atoms with Gasteiger partial charge in [-0.2, -0.15) is 0 Å². The van der Waals surface area contributed by atoms with E-state index in [-0.39, 0.29) is 5.41 Å². The number of benzene rings is 2. The molecule has 0 atom stereocenters. The number of hydrogen-bond donors (Lipinski definition) is 0. The summed E-state index contributed by atoms with van der Waals surface area (Å²) >= 11 is 0. The average Bonchev–Trinajstić information content (AvgIpc) is 2.55. The molecule has 0 aliphatic heterocycles. The highest BCUT2D eigenvalue weighted by molar-refractivity contribution is 5.67. The molecule has 0 bridgehead atoms. The van der Waals surface area contributed by atoms with Gasteiger partial charge >= 0.3 is 0 Å². The molecule has 1 nitrogen and oxygen atoms in total. The van der Waals surface area contributed by atoms with E-state index in [9.17, 15) is 0 Å². The topological polar surface area (TPSA) is 12.9 Å². The first kappa shape index (κ1) is 15.5. The molecule has 3 aromatic rings. The van der Waals surface area contributed by atoms with Crippen LogP contribution in [-0.4, -0.2) is 4.98 Å². The van der Waals surface area contributed by atoms with Gasteiger partial charge in [-0.15, -0.1) is 0 Å². The summed E-state index contributed by atoms with van der Waals surface area (Å²) in [4.78, 5) is 4.90. The molecular formula is C22H23N. The molecule has 0 amide bonds. The van der Waals surface area contributed by atoms with E-state index in [0.29, 0.717) is 0 Å². The van der Waals surface area contributed by atoms with Crippen LogP contribution < -0.4 is 0 Å². The summed E-state index contributed by atoms with van der Waals surface area (Å²) in [5, 5.41) is 0. The smallest absolute Gasteiger partial charge is 0.0712 e. The van der Waals surface area contributed by atoms with Gasteiger partial charge in [0, 0.05) is 11.1 Å². The Labute approximate surface area is 139 Å². The van der Waals surface area contributed by atoms with Crippen molar-refractivity contribution in [3.8, 4) is 22.5 Å². The molecule has 1 heterocycles. The number of rotatable bonds is 3. The minimum Gasteiger partial charge on any atom is -0.248 e. The minimum absolute atomic E-state index is 0.253. The van der Waals surface area contributed by atoms with Gasteiger partial charge in [0.15, 0.2) is 0 Å². The molecular weight excluding hydrogens is 278 g/mol. The average molecular weight is 301 g/mol. The fourth-order valence-corrected chi connectivity index (χ4v) is 2.82. The SMILES string of the molecule is CC(C)(C)Cc1cc(-c2ccccc2)nc(-c2ccccc2)c1. The van der Waals surface area contributed by atoms with E-state index in [1.165, 1.54) is 16.7 Å². The molecule has 0 saturated heterocycles. The highest BCUT2D eigenvalue weighted by Gasteiger charge is 2.14. The zero-order valence-electron chi connectivity index (χ0n) is 14.1. The van der Waals surface area contributed by atoms with Crippen LogP contribution in [0, 0.1) is 5.41 Å². The molecule has 0 saturated carbocycles. The summed E-state index contributed by atoms with van der Waals surface area (Å²) < 4.78 is 0. The minimum atomic E-state index is 0.253. The van der Waals surface area contributed by atoms with Gasteiger partial charge in [0.2, 0.25) is 0 Å². The van der Waals surface area contributed by atoms with Crippen LogP contribution in [0.2, 0.25) is 0 Å². The summed E-state index contributed by atoms with van der Waals surface area (Å²) in [5.41, 5.74) is 6.02. The lowest BCUT2D eigenvalue weighted by atomic mass is 9.87. The van der Waals surface area contributed by atoms with Crippen molar-refractivity contribution in [1.82, 2.24) is 4.98 Å². The largest absolute Gasteiger partial charge is 0.248 e.